The minimum atomic E-state index is -0.690. The van der Waals surface area contributed by atoms with E-state index in [-0.39, 0.29) is 0 Å². The zero-order chi connectivity index (χ0) is 9.97. The summed E-state index contributed by atoms with van der Waals surface area (Å²) in [4.78, 5) is 12.3. The fourth-order valence-corrected chi connectivity index (χ4v) is 1.61. The molecular weight excluding hydrogens is 181 g/mol. The number of rotatable bonds is 3. The van der Waals surface area contributed by atoms with E-state index in [1.54, 1.807) is 0 Å². The lowest BCUT2D eigenvalue weighted by Crippen LogP contribution is -2.48. The van der Waals surface area contributed by atoms with Gasteiger partial charge in [0.2, 0.25) is 0 Å². The third kappa shape index (κ3) is 1.76. The number of alkyl halides is 1. The minimum Gasteiger partial charge on any atom is -0.366 e. The second-order valence-electron chi connectivity index (χ2n) is 3.54. The number of carbonyl (C=O) groups is 1. The summed E-state index contributed by atoms with van der Waals surface area (Å²) in [5, 5.41) is 0. The smallest absolute Gasteiger partial charge is 0.135 e. The summed E-state index contributed by atoms with van der Waals surface area (Å²) in [6, 6.07) is 7.70. The van der Waals surface area contributed by atoms with Gasteiger partial charge in [-0.1, -0.05) is 12.1 Å². The molecule has 2 nitrogen and oxygen atoms in total. The molecule has 3 heteroatoms. The molecular formula is C11H12FNO. The van der Waals surface area contributed by atoms with E-state index in [2.05, 4.69) is 0 Å². The molecule has 0 aromatic heterocycles. The van der Waals surface area contributed by atoms with E-state index in [0.717, 1.165) is 17.5 Å². The maximum Gasteiger partial charge on any atom is 0.135 e. The van der Waals surface area contributed by atoms with E-state index in [1.165, 1.54) is 0 Å². The van der Waals surface area contributed by atoms with Gasteiger partial charge >= 0.3 is 0 Å². The molecule has 0 saturated carbocycles. The maximum absolute atomic E-state index is 12.6. The summed E-state index contributed by atoms with van der Waals surface area (Å²) in [5.74, 6) is 0. The molecule has 0 aliphatic carbocycles. The van der Waals surface area contributed by atoms with E-state index in [1.807, 2.05) is 29.2 Å². The molecule has 1 aliphatic rings. The highest BCUT2D eigenvalue weighted by Crippen LogP contribution is 2.23. The van der Waals surface area contributed by atoms with Crippen molar-refractivity contribution in [3.8, 4) is 0 Å². The van der Waals surface area contributed by atoms with Gasteiger partial charge in [0.15, 0.2) is 0 Å². The standard InChI is InChI=1S/C11H12FNO/c12-10-7-13(8-10)11-3-1-2-9(6-11)4-5-14/h1-3,5-6,10H,4,7-8H2. The average Bonchev–Trinajstić information content (AvgIpc) is 2.14. The number of benzene rings is 1. The van der Waals surface area contributed by atoms with Gasteiger partial charge in [0.1, 0.15) is 12.5 Å². The van der Waals surface area contributed by atoms with Gasteiger partial charge in [-0.15, -0.1) is 0 Å². The second kappa shape index (κ2) is 3.78. The Labute approximate surface area is 82.3 Å². The number of hydrogen-bond acceptors (Lipinski definition) is 2. The summed E-state index contributed by atoms with van der Waals surface area (Å²) >= 11 is 0. The van der Waals surface area contributed by atoms with Crippen molar-refractivity contribution in [1.82, 2.24) is 0 Å². The van der Waals surface area contributed by atoms with Crippen molar-refractivity contribution in [3.05, 3.63) is 29.8 Å². The summed E-state index contributed by atoms with van der Waals surface area (Å²) in [6.07, 6.45) is 0.623. The van der Waals surface area contributed by atoms with Crippen LogP contribution in [0, 0.1) is 0 Å². The van der Waals surface area contributed by atoms with Gasteiger partial charge in [-0.3, -0.25) is 0 Å². The first-order chi connectivity index (χ1) is 6.79. The van der Waals surface area contributed by atoms with Crippen LogP contribution in [0.15, 0.2) is 24.3 Å². The third-order valence-corrected chi connectivity index (χ3v) is 2.43. The Bertz CT molecular complexity index is 334. The number of aldehydes is 1. The van der Waals surface area contributed by atoms with E-state index >= 15 is 0 Å². The SMILES string of the molecule is O=CCc1cccc(N2CC(F)C2)c1. The summed E-state index contributed by atoms with van der Waals surface area (Å²) in [6.45, 7) is 0.953. The molecule has 0 spiro atoms. The lowest BCUT2D eigenvalue weighted by atomic mass is 10.1. The monoisotopic (exact) mass is 193 g/mol. The van der Waals surface area contributed by atoms with Crippen LogP contribution in [0.3, 0.4) is 0 Å². The Kier molecular flexibility index (Phi) is 2.48. The normalized spacial score (nSPS) is 16.5. The predicted molar refractivity (Wildman–Crippen MR) is 53.3 cm³/mol. The lowest BCUT2D eigenvalue weighted by molar-refractivity contribution is -0.107. The van der Waals surface area contributed by atoms with E-state index in [9.17, 15) is 9.18 Å². The van der Waals surface area contributed by atoms with Crippen molar-refractivity contribution >= 4 is 12.0 Å². The van der Waals surface area contributed by atoms with Gasteiger partial charge < -0.3 is 9.69 Å². The van der Waals surface area contributed by atoms with E-state index < -0.39 is 6.17 Å². The Balaban J connectivity index is 2.10. The van der Waals surface area contributed by atoms with Crippen molar-refractivity contribution < 1.29 is 9.18 Å². The predicted octanol–water partition coefficient (Wildman–Crippen LogP) is 1.59. The van der Waals surface area contributed by atoms with Gasteiger partial charge in [-0.2, -0.15) is 0 Å². The molecule has 0 amide bonds. The third-order valence-electron chi connectivity index (χ3n) is 2.43. The van der Waals surface area contributed by atoms with Crippen LogP contribution in [0.25, 0.3) is 0 Å². The Hall–Kier alpha value is -1.38. The fraction of sp³-hybridized carbons (Fsp3) is 0.364. The van der Waals surface area contributed by atoms with Crippen molar-refractivity contribution in [2.24, 2.45) is 0 Å². The molecule has 14 heavy (non-hydrogen) atoms. The highest BCUT2D eigenvalue weighted by Gasteiger charge is 2.26. The maximum atomic E-state index is 12.6. The Morgan fingerprint density at radius 2 is 2.29 bits per heavy atom. The van der Waals surface area contributed by atoms with Crippen LogP contribution in [0.5, 0.6) is 0 Å². The molecule has 74 valence electrons. The molecule has 0 atom stereocenters. The first kappa shape index (κ1) is 9.19. The summed E-state index contributed by atoms with van der Waals surface area (Å²) in [7, 11) is 0. The molecule has 0 N–H and O–H groups in total. The van der Waals surface area contributed by atoms with Crippen LogP contribution >= 0.6 is 0 Å². The van der Waals surface area contributed by atoms with Crippen molar-refractivity contribution in [2.75, 3.05) is 18.0 Å². The van der Waals surface area contributed by atoms with Crippen molar-refractivity contribution in [1.29, 1.82) is 0 Å². The molecule has 1 saturated heterocycles. The van der Waals surface area contributed by atoms with Crippen LogP contribution in [-0.4, -0.2) is 25.5 Å². The van der Waals surface area contributed by atoms with Gasteiger partial charge in [0.25, 0.3) is 0 Å². The minimum absolute atomic E-state index is 0.431. The number of nitrogens with zero attached hydrogens (tertiary/aromatic N) is 1. The molecule has 2 rings (SSSR count). The molecule has 0 radical (unpaired) electrons. The first-order valence-electron chi connectivity index (χ1n) is 4.71. The topological polar surface area (TPSA) is 20.3 Å². The zero-order valence-electron chi connectivity index (χ0n) is 7.82. The van der Waals surface area contributed by atoms with E-state index in [4.69, 9.17) is 0 Å². The highest BCUT2D eigenvalue weighted by atomic mass is 19.1. The number of hydrogen-bond donors (Lipinski definition) is 0. The second-order valence-corrected chi connectivity index (χ2v) is 3.54. The van der Waals surface area contributed by atoms with Crippen LogP contribution in [0.2, 0.25) is 0 Å². The fourth-order valence-electron chi connectivity index (χ4n) is 1.61. The van der Waals surface area contributed by atoms with Crippen LogP contribution < -0.4 is 4.90 Å². The van der Waals surface area contributed by atoms with Gasteiger partial charge in [-0.05, 0) is 17.7 Å². The van der Waals surface area contributed by atoms with Crippen molar-refractivity contribution in [2.45, 2.75) is 12.6 Å². The van der Waals surface area contributed by atoms with Gasteiger partial charge in [-0.25, -0.2) is 4.39 Å². The summed E-state index contributed by atoms with van der Waals surface area (Å²) in [5.41, 5.74) is 2.00. The molecule has 1 aliphatic heterocycles. The average molecular weight is 193 g/mol. The highest BCUT2D eigenvalue weighted by molar-refractivity contribution is 5.58. The van der Waals surface area contributed by atoms with Crippen LogP contribution in [0.4, 0.5) is 10.1 Å². The number of carbonyl (C=O) groups excluding carboxylic acids is 1. The lowest BCUT2D eigenvalue weighted by Gasteiger charge is -2.36. The Morgan fingerprint density at radius 3 is 2.93 bits per heavy atom. The molecule has 1 aromatic rings. The van der Waals surface area contributed by atoms with E-state index in [0.29, 0.717) is 19.5 Å². The van der Waals surface area contributed by atoms with Crippen LogP contribution in [-0.2, 0) is 11.2 Å². The largest absolute Gasteiger partial charge is 0.366 e. The van der Waals surface area contributed by atoms with Gasteiger partial charge in [0.05, 0.1) is 13.1 Å². The first-order valence-corrected chi connectivity index (χ1v) is 4.71. The number of halogens is 1. The quantitative estimate of drug-likeness (QED) is 0.679. The Morgan fingerprint density at radius 1 is 1.50 bits per heavy atom. The summed E-state index contributed by atoms with van der Waals surface area (Å²) < 4.78 is 12.6. The molecule has 1 aromatic carbocycles. The molecule has 1 fully saturated rings. The number of anilines is 1. The molecule has 0 bridgehead atoms. The molecule has 1 heterocycles. The zero-order valence-corrected chi connectivity index (χ0v) is 7.82. The van der Waals surface area contributed by atoms with Crippen LogP contribution in [0.1, 0.15) is 5.56 Å². The van der Waals surface area contributed by atoms with Gasteiger partial charge in [0, 0.05) is 12.1 Å². The molecule has 0 unspecified atom stereocenters. The van der Waals surface area contributed by atoms with Crippen molar-refractivity contribution in [3.63, 3.8) is 0 Å².